The smallest absolute Gasteiger partial charge is 0.412 e. The van der Waals surface area contributed by atoms with E-state index < -0.39 is 24.6 Å². The summed E-state index contributed by atoms with van der Waals surface area (Å²) in [6, 6.07) is 4.77. The molecule has 0 aliphatic heterocycles. The lowest BCUT2D eigenvalue weighted by atomic mass is 10.2. The Kier molecular flexibility index (Phi) is 8.38. The van der Waals surface area contributed by atoms with E-state index in [1.165, 1.54) is 18.2 Å². The topological polar surface area (TPSA) is 137 Å². The van der Waals surface area contributed by atoms with Crippen LogP contribution in [0.15, 0.2) is 42.4 Å². The summed E-state index contributed by atoms with van der Waals surface area (Å²) in [4.78, 5) is 23.2. The quantitative estimate of drug-likeness (QED) is 0.375. The number of aliphatic hydroxyl groups excluding tert-OH is 3. The molecule has 0 fully saturated rings. The Balaban J connectivity index is 2.61. The van der Waals surface area contributed by atoms with Gasteiger partial charge in [0, 0.05) is 11.4 Å². The molecule has 0 saturated heterocycles. The predicted molar refractivity (Wildman–Crippen MR) is 90.7 cm³/mol. The van der Waals surface area contributed by atoms with Crippen molar-refractivity contribution in [3.63, 3.8) is 0 Å². The fraction of sp³-hybridized carbons (Fsp3) is 0.250. The summed E-state index contributed by atoms with van der Waals surface area (Å²) in [5.74, 6) is -0.501. The van der Waals surface area contributed by atoms with Gasteiger partial charge in [-0.15, -0.1) is 0 Å². The average Bonchev–Trinajstić information content (AvgIpc) is 2.59. The van der Waals surface area contributed by atoms with Crippen molar-refractivity contribution in [1.82, 2.24) is 0 Å². The van der Waals surface area contributed by atoms with Crippen molar-refractivity contribution < 1.29 is 34.4 Å². The molecule has 0 atom stereocenters. The average molecular weight is 352 g/mol. The van der Waals surface area contributed by atoms with E-state index >= 15 is 0 Å². The molecule has 1 rings (SSSR count). The Morgan fingerprint density at radius 2 is 1.88 bits per heavy atom. The number of aliphatic hydroxyl groups is 3. The van der Waals surface area contributed by atoms with Gasteiger partial charge < -0.3 is 24.8 Å². The van der Waals surface area contributed by atoms with Crippen LogP contribution in [0.1, 0.15) is 5.56 Å². The minimum Gasteiger partial charge on any atom is -0.512 e. The van der Waals surface area contributed by atoms with Gasteiger partial charge in [-0.05, 0) is 30.7 Å². The molecule has 0 saturated carbocycles. The van der Waals surface area contributed by atoms with Crippen LogP contribution in [0.3, 0.4) is 0 Å². The summed E-state index contributed by atoms with van der Waals surface area (Å²) in [5.41, 5.74) is 1.51. The van der Waals surface area contributed by atoms with Crippen LogP contribution in [-0.4, -0.2) is 47.3 Å². The zero-order valence-corrected chi connectivity index (χ0v) is 13.6. The number of hydrogen-bond acceptors (Lipinski definition) is 7. The van der Waals surface area contributed by atoms with Crippen molar-refractivity contribution in [3.05, 3.63) is 47.9 Å². The number of ether oxygens (including phenoxy) is 2. The van der Waals surface area contributed by atoms with Gasteiger partial charge in [-0.25, -0.2) is 9.59 Å². The fourth-order valence-corrected chi connectivity index (χ4v) is 1.58. The highest BCUT2D eigenvalue weighted by molar-refractivity contribution is 5.89. The van der Waals surface area contributed by atoms with Crippen LogP contribution in [-0.2, 0) is 9.47 Å². The first-order valence-electron chi connectivity index (χ1n) is 7.22. The highest BCUT2D eigenvalue weighted by Crippen LogP contribution is 2.20. The maximum Gasteiger partial charge on any atom is 0.412 e. The molecule has 2 amide bonds. The highest BCUT2D eigenvalue weighted by Gasteiger charge is 2.09. The summed E-state index contributed by atoms with van der Waals surface area (Å²) in [6.07, 6.45) is 1.82. The van der Waals surface area contributed by atoms with Gasteiger partial charge in [0.1, 0.15) is 12.9 Å². The number of carbonyl (C=O) groups is 2. The number of aryl methyl sites for hydroxylation is 1. The second-order valence-electron chi connectivity index (χ2n) is 4.73. The van der Waals surface area contributed by atoms with Crippen molar-refractivity contribution in [2.75, 3.05) is 30.5 Å². The molecular formula is C16H20N2O7. The number of hydrogen-bond donors (Lipinski definition) is 5. The molecule has 0 spiro atoms. The molecular weight excluding hydrogens is 332 g/mol. The predicted octanol–water partition coefficient (Wildman–Crippen LogP) is 2.60. The molecule has 0 aromatic heterocycles. The summed E-state index contributed by atoms with van der Waals surface area (Å²) < 4.78 is 9.54. The SMILES string of the molecule is Cc1ccc(NC(=O)OC/C(O)=C/O)cc1NC(=O)OCC=CCO. The van der Waals surface area contributed by atoms with E-state index in [1.54, 1.807) is 19.1 Å². The number of anilines is 2. The molecule has 9 heteroatoms. The number of nitrogens with one attached hydrogen (secondary N) is 2. The molecule has 1 aromatic rings. The van der Waals surface area contributed by atoms with Gasteiger partial charge in [0.25, 0.3) is 0 Å². The van der Waals surface area contributed by atoms with E-state index in [1.807, 2.05) is 0 Å². The third-order valence-corrected chi connectivity index (χ3v) is 2.80. The first-order valence-corrected chi connectivity index (χ1v) is 7.22. The maximum atomic E-state index is 11.7. The zero-order chi connectivity index (χ0) is 18.7. The van der Waals surface area contributed by atoms with Crippen LogP contribution in [0.5, 0.6) is 0 Å². The highest BCUT2D eigenvalue weighted by atomic mass is 16.6. The van der Waals surface area contributed by atoms with Crippen molar-refractivity contribution in [3.8, 4) is 0 Å². The zero-order valence-electron chi connectivity index (χ0n) is 13.6. The van der Waals surface area contributed by atoms with Crippen LogP contribution in [0, 0.1) is 6.92 Å². The lowest BCUT2D eigenvalue weighted by Crippen LogP contribution is -2.17. The third kappa shape index (κ3) is 7.75. The summed E-state index contributed by atoms with van der Waals surface area (Å²) in [6.45, 7) is 1.15. The fourth-order valence-electron chi connectivity index (χ4n) is 1.58. The molecule has 0 bridgehead atoms. The molecule has 9 nitrogen and oxygen atoms in total. The van der Waals surface area contributed by atoms with Gasteiger partial charge in [0.15, 0.2) is 12.4 Å². The van der Waals surface area contributed by atoms with Gasteiger partial charge in [0.2, 0.25) is 0 Å². The first kappa shape index (κ1) is 19.8. The van der Waals surface area contributed by atoms with Gasteiger partial charge in [-0.2, -0.15) is 0 Å². The summed E-state index contributed by atoms with van der Waals surface area (Å²) in [5, 5.41) is 31.0. The minimum absolute atomic E-state index is 0.0115. The largest absolute Gasteiger partial charge is 0.512 e. The van der Waals surface area contributed by atoms with E-state index in [0.717, 1.165) is 5.56 Å². The van der Waals surface area contributed by atoms with Crippen LogP contribution >= 0.6 is 0 Å². The normalized spacial score (nSPS) is 11.2. The van der Waals surface area contributed by atoms with Crippen LogP contribution in [0.2, 0.25) is 0 Å². The molecule has 136 valence electrons. The first-order chi connectivity index (χ1) is 12.0. The van der Waals surface area contributed by atoms with Gasteiger partial charge in [0.05, 0.1) is 6.61 Å². The van der Waals surface area contributed by atoms with Gasteiger partial charge in [-0.3, -0.25) is 10.6 Å². The molecule has 0 heterocycles. The summed E-state index contributed by atoms with van der Waals surface area (Å²) >= 11 is 0. The van der Waals surface area contributed by atoms with Crippen LogP contribution < -0.4 is 10.6 Å². The van der Waals surface area contributed by atoms with E-state index in [2.05, 4.69) is 15.4 Å². The molecule has 0 unspecified atom stereocenters. The lowest BCUT2D eigenvalue weighted by molar-refractivity contribution is 0.153. The molecule has 5 N–H and O–H groups in total. The molecule has 0 aliphatic carbocycles. The lowest BCUT2D eigenvalue weighted by Gasteiger charge is -2.11. The minimum atomic E-state index is -0.847. The number of benzene rings is 1. The molecule has 0 radical (unpaired) electrons. The molecule has 0 aliphatic rings. The van der Waals surface area contributed by atoms with Crippen molar-refractivity contribution >= 4 is 23.6 Å². The van der Waals surface area contributed by atoms with Crippen LogP contribution in [0.25, 0.3) is 0 Å². The van der Waals surface area contributed by atoms with Crippen LogP contribution in [0.4, 0.5) is 21.0 Å². The van der Waals surface area contributed by atoms with Gasteiger partial charge >= 0.3 is 12.2 Å². The summed E-state index contributed by atoms with van der Waals surface area (Å²) in [7, 11) is 0. The Hall–Kier alpha value is -3.20. The van der Waals surface area contributed by atoms with Crippen molar-refractivity contribution in [2.24, 2.45) is 0 Å². The Bertz CT molecular complexity index is 656. The third-order valence-electron chi connectivity index (χ3n) is 2.80. The molecule has 25 heavy (non-hydrogen) atoms. The number of rotatable bonds is 7. The monoisotopic (exact) mass is 352 g/mol. The van der Waals surface area contributed by atoms with Gasteiger partial charge in [-0.1, -0.05) is 12.1 Å². The Morgan fingerprint density at radius 1 is 1.16 bits per heavy atom. The van der Waals surface area contributed by atoms with E-state index in [-0.39, 0.29) is 13.2 Å². The van der Waals surface area contributed by atoms with Crippen molar-refractivity contribution in [2.45, 2.75) is 6.92 Å². The van der Waals surface area contributed by atoms with Crippen molar-refractivity contribution in [1.29, 1.82) is 0 Å². The second kappa shape index (κ2) is 10.6. The Labute approximate surface area is 144 Å². The van der Waals surface area contributed by atoms with E-state index in [4.69, 9.17) is 20.1 Å². The number of amides is 2. The second-order valence-corrected chi connectivity index (χ2v) is 4.73. The van der Waals surface area contributed by atoms with E-state index in [0.29, 0.717) is 17.6 Å². The Morgan fingerprint density at radius 3 is 2.56 bits per heavy atom. The van der Waals surface area contributed by atoms with E-state index in [9.17, 15) is 9.59 Å². The maximum absolute atomic E-state index is 11.7. The number of carbonyl (C=O) groups excluding carboxylic acids is 2. The standard InChI is InChI=1S/C16H20N2O7/c1-11-4-5-12(17-15(22)25-10-13(21)9-20)8-14(11)18-16(23)24-7-3-2-6-19/h2-5,8-9,19-21H,6-7,10H2,1H3,(H,17,22)(H,18,23)/b3-2?,13-9-. The molecule has 1 aromatic carbocycles.